The highest BCUT2D eigenvalue weighted by molar-refractivity contribution is 6.33. The fraction of sp³-hybridized carbons (Fsp3) is 0.0667. The molecule has 10 heteroatoms. The number of hydrogen-bond acceptors (Lipinski definition) is 7. The summed E-state index contributed by atoms with van der Waals surface area (Å²) in [6.07, 6.45) is 1.37. The summed E-state index contributed by atoms with van der Waals surface area (Å²) in [4.78, 5) is 4.04. The van der Waals surface area contributed by atoms with Crippen LogP contribution in [0.5, 0.6) is 11.8 Å². The molecule has 3 heterocycles. The van der Waals surface area contributed by atoms with Crippen LogP contribution in [0.1, 0.15) is 5.89 Å². The highest BCUT2D eigenvalue weighted by Gasteiger charge is 2.23. The summed E-state index contributed by atoms with van der Waals surface area (Å²) >= 11 is 6.01. The number of aryl methyl sites for hydroxylation is 1. The van der Waals surface area contributed by atoms with E-state index >= 15 is 0 Å². The minimum absolute atomic E-state index is 0.00616. The van der Waals surface area contributed by atoms with Gasteiger partial charge in [0.15, 0.2) is 5.65 Å². The van der Waals surface area contributed by atoms with Gasteiger partial charge < -0.3 is 14.6 Å². The third-order valence-electron chi connectivity index (χ3n) is 3.56. The van der Waals surface area contributed by atoms with E-state index in [1.54, 1.807) is 6.92 Å². The Labute approximate surface area is 144 Å². The molecule has 0 atom stereocenters. The molecular weight excluding hydrogens is 353 g/mol. The minimum Gasteiger partial charge on any atom is -0.493 e. The Morgan fingerprint density at radius 3 is 2.68 bits per heavy atom. The monoisotopic (exact) mass is 361 g/mol. The van der Waals surface area contributed by atoms with Crippen LogP contribution in [-0.2, 0) is 0 Å². The molecule has 0 amide bonds. The Balaban J connectivity index is 1.97. The molecule has 0 aliphatic carbocycles. The van der Waals surface area contributed by atoms with Gasteiger partial charge in [-0.3, -0.25) is 0 Å². The van der Waals surface area contributed by atoms with Crippen molar-refractivity contribution in [3.8, 4) is 34.3 Å². The minimum atomic E-state index is -0.546. The maximum atomic E-state index is 13.2. The molecule has 2 N–H and O–H groups in total. The fourth-order valence-corrected chi connectivity index (χ4v) is 2.72. The largest absolute Gasteiger partial charge is 0.493 e. The zero-order valence-corrected chi connectivity index (χ0v) is 13.4. The molecule has 0 saturated carbocycles. The summed E-state index contributed by atoms with van der Waals surface area (Å²) in [5.41, 5.74) is 0.579. The number of aromatic nitrogens is 5. The lowest BCUT2D eigenvalue weighted by Gasteiger charge is -2.10. The van der Waals surface area contributed by atoms with Crippen LogP contribution < -0.4 is 0 Å². The highest BCUT2D eigenvalue weighted by atomic mass is 35.5. The molecule has 25 heavy (non-hydrogen) atoms. The van der Waals surface area contributed by atoms with Gasteiger partial charge in [0.2, 0.25) is 17.7 Å². The van der Waals surface area contributed by atoms with Crippen molar-refractivity contribution in [2.45, 2.75) is 6.92 Å². The van der Waals surface area contributed by atoms with E-state index in [1.807, 2.05) is 0 Å². The number of hydrogen-bond donors (Lipinski definition) is 2. The summed E-state index contributed by atoms with van der Waals surface area (Å²) in [6, 6.07) is 3.54. The zero-order chi connectivity index (χ0) is 17.7. The smallest absolute Gasteiger partial charge is 0.253 e. The Morgan fingerprint density at radius 2 is 2.00 bits per heavy atom. The topological polar surface area (TPSA) is 110 Å². The van der Waals surface area contributed by atoms with E-state index in [-0.39, 0.29) is 27.7 Å². The SMILES string of the molecule is Cc1nnc(-c2cnn3c(O)c(-c4ccc(F)cc4Cl)c(O)nc23)o1. The first kappa shape index (κ1) is 15.3. The van der Waals surface area contributed by atoms with E-state index in [1.165, 1.54) is 12.3 Å². The van der Waals surface area contributed by atoms with Crippen molar-refractivity contribution in [2.75, 3.05) is 0 Å². The molecule has 126 valence electrons. The van der Waals surface area contributed by atoms with Gasteiger partial charge in [-0.15, -0.1) is 10.2 Å². The first-order valence-corrected chi connectivity index (χ1v) is 7.39. The summed E-state index contributed by atoms with van der Waals surface area (Å²) < 4.78 is 19.7. The predicted molar refractivity (Wildman–Crippen MR) is 84.7 cm³/mol. The molecule has 1 aromatic carbocycles. The quantitative estimate of drug-likeness (QED) is 0.564. The lowest BCUT2D eigenvalue weighted by Crippen LogP contribution is -1.96. The van der Waals surface area contributed by atoms with E-state index in [0.717, 1.165) is 16.6 Å². The number of rotatable bonds is 2. The average Bonchev–Trinajstić information content (AvgIpc) is 3.15. The van der Waals surface area contributed by atoms with Gasteiger partial charge in [0.05, 0.1) is 11.2 Å². The third kappa shape index (κ3) is 2.36. The molecule has 8 nitrogen and oxygen atoms in total. The first-order valence-electron chi connectivity index (χ1n) is 7.01. The summed E-state index contributed by atoms with van der Waals surface area (Å²) in [5, 5.41) is 32.4. The van der Waals surface area contributed by atoms with Crippen LogP contribution in [0.3, 0.4) is 0 Å². The third-order valence-corrected chi connectivity index (χ3v) is 3.87. The molecular formula is C15H9ClFN5O3. The molecule has 0 aliphatic heterocycles. The van der Waals surface area contributed by atoms with Crippen LogP contribution >= 0.6 is 11.6 Å². The van der Waals surface area contributed by atoms with Crippen molar-refractivity contribution < 1.29 is 19.0 Å². The molecule has 0 radical (unpaired) electrons. The Bertz CT molecular complexity index is 1120. The van der Waals surface area contributed by atoms with Crippen molar-refractivity contribution in [3.63, 3.8) is 0 Å². The van der Waals surface area contributed by atoms with Gasteiger partial charge in [0, 0.05) is 12.5 Å². The maximum absolute atomic E-state index is 13.2. The summed E-state index contributed by atoms with van der Waals surface area (Å²) in [7, 11) is 0. The normalized spacial score (nSPS) is 11.3. The van der Waals surface area contributed by atoms with Gasteiger partial charge >= 0.3 is 0 Å². The molecule has 4 rings (SSSR count). The van der Waals surface area contributed by atoms with Gasteiger partial charge in [0.25, 0.3) is 5.89 Å². The molecule has 0 bridgehead atoms. The second-order valence-corrected chi connectivity index (χ2v) is 5.59. The van der Waals surface area contributed by atoms with Crippen LogP contribution in [-0.4, -0.2) is 35.0 Å². The van der Waals surface area contributed by atoms with Crippen molar-refractivity contribution in [3.05, 3.63) is 41.1 Å². The van der Waals surface area contributed by atoms with Crippen LogP contribution in [0.4, 0.5) is 4.39 Å². The number of aromatic hydroxyl groups is 2. The molecule has 3 aromatic heterocycles. The van der Waals surface area contributed by atoms with E-state index in [9.17, 15) is 14.6 Å². The number of benzene rings is 1. The zero-order valence-electron chi connectivity index (χ0n) is 12.6. The van der Waals surface area contributed by atoms with Gasteiger partial charge in [-0.05, 0) is 18.2 Å². The van der Waals surface area contributed by atoms with Crippen molar-refractivity contribution in [2.24, 2.45) is 0 Å². The van der Waals surface area contributed by atoms with Gasteiger partial charge in [-0.1, -0.05) is 11.6 Å². The predicted octanol–water partition coefficient (Wildman–Crippen LogP) is 2.96. The van der Waals surface area contributed by atoms with Gasteiger partial charge in [0.1, 0.15) is 16.9 Å². The summed E-state index contributed by atoms with van der Waals surface area (Å²) in [6.45, 7) is 1.62. The van der Waals surface area contributed by atoms with Crippen LogP contribution in [0.25, 0.3) is 28.2 Å². The Hall–Kier alpha value is -3.20. The molecule has 0 fully saturated rings. The molecule has 0 saturated heterocycles. The number of nitrogens with zero attached hydrogens (tertiary/aromatic N) is 5. The van der Waals surface area contributed by atoms with Crippen molar-refractivity contribution in [1.29, 1.82) is 0 Å². The number of fused-ring (bicyclic) bond motifs is 1. The van der Waals surface area contributed by atoms with E-state index in [4.69, 9.17) is 16.0 Å². The second-order valence-electron chi connectivity index (χ2n) is 5.18. The fourth-order valence-electron chi connectivity index (χ4n) is 2.46. The Kier molecular flexibility index (Phi) is 3.32. The van der Waals surface area contributed by atoms with Gasteiger partial charge in [-0.25, -0.2) is 4.39 Å². The molecule has 0 unspecified atom stereocenters. The lowest BCUT2D eigenvalue weighted by molar-refractivity contribution is 0.416. The maximum Gasteiger partial charge on any atom is 0.253 e. The lowest BCUT2D eigenvalue weighted by atomic mass is 10.1. The van der Waals surface area contributed by atoms with Crippen LogP contribution in [0.2, 0.25) is 5.02 Å². The van der Waals surface area contributed by atoms with Crippen LogP contribution in [0.15, 0.2) is 28.8 Å². The van der Waals surface area contributed by atoms with E-state index in [0.29, 0.717) is 11.5 Å². The standard InChI is InChI=1S/C15H9ClFN5O3/c1-6-20-21-14(25-6)9-5-18-22-12(9)19-13(23)11(15(22)24)8-3-2-7(17)4-10(8)16/h2-5,24H,1H3,(H,19,23). The van der Waals surface area contributed by atoms with Crippen molar-refractivity contribution in [1.82, 2.24) is 24.8 Å². The molecule has 0 aliphatic rings. The first-order chi connectivity index (χ1) is 12.0. The second kappa shape index (κ2) is 5.42. The average molecular weight is 362 g/mol. The van der Waals surface area contributed by atoms with E-state index in [2.05, 4.69) is 20.3 Å². The molecule has 4 aromatic rings. The molecule has 0 spiro atoms. The number of halogens is 2. The Morgan fingerprint density at radius 1 is 1.20 bits per heavy atom. The summed E-state index contributed by atoms with van der Waals surface area (Å²) in [5.74, 6) is -0.978. The van der Waals surface area contributed by atoms with Crippen LogP contribution in [0, 0.1) is 12.7 Å². The van der Waals surface area contributed by atoms with E-state index < -0.39 is 17.6 Å². The van der Waals surface area contributed by atoms with Gasteiger partial charge in [-0.2, -0.15) is 14.6 Å². The van der Waals surface area contributed by atoms with Crippen molar-refractivity contribution >= 4 is 17.2 Å². The highest BCUT2D eigenvalue weighted by Crippen LogP contribution is 2.41.